The number of hydrogen-bond donors (Lipinski definition) is 1. The average molecular weight is 404 g/mol. The molecule has 1 fully saturated rings. The minimum Gasteiger partial charge on any atom is -0.494 e. The van der Waals surface area contributed by atoms with Crippen LogP contribution in [0.15, 0.2) is 29.4 Å². The fourth-order valence-electron chi connectivity index (χ4n) is 2.91. The van der Waals surface area contributed by atoms with Gasteiger partial charge in [-0.25, -0.2) is 9.69 Å². The first-order valence-electron chi connectivity index (χ1n) is 10.0. The van der Waals surface area contributed by atoms with E-state index in [1.54, 1.807) is 24.3 Å². The molecule has 8 heteroatoms. The van der Waals surface area contributed by atoms with Gasteiger partial charge in [-0.3, -0.25) is 9.59 Å². The Hall–Kier alpha value is -2.90. The number of amides is 2. The summed E-state index contributed by atoms with van der Waals surface area (Å²) < 4.78 is 5.68. The highest BCUT2D eigenvalue weighted by atomic mass is 16.6. The zero-order valence-corrected chi connectivity index (χ0v) is 16.8. The molecule has 1 aliphatic rings. The number of rotatable bonds is 13. The summed E-state index contributed by atoms with van der Waals surface area (Å²) in [6.07, 6.45) is 7.35. The van der Waals surface area contributed by atoms with Crippen molar-refractivity contribution in [2.24, 2.45) is 5.16 Å². The second-order valence-electron chi connectivity index (χ2n) is 6.86. The third-order valence-electron chi connectivity index (χ3n) is 4.59. The third-order valence-corrected chi connectivity index (χ3v) is 4.59. The molecule has 0 radical (unpaired) electrons. The molecule has 1 aliphatic heterocycles. The van der Waals surface area contributed by atoms with E-state index in [0.717, 1.165) is 17.7 Å². The zero-order valence-electron chi connectivity index (χ0n) is 16.8. The second kappa shape index (κ2) is 11.8. The maximum Gasteiger partial charge on any atom is 0.358 e. The van der Waals surface area contributed by atoms with Crippen LogP contribution in [-0.2, 0) is 19.2 Å². The van der Waals surface area contributed by atoms with E-state index in [1.165, 1.54) is 25.7 Å². The van der Waals surface area contributed by atoms with E-state index in [-0.39, 0.29) is 30.4 Å². The molecule has 0 unspecified atom stereocenters. The number of hydrogen-bond acceptors (Lipinski definition) is 6. The highest BCUT2D eigenvalue weighted by Gasteiger charge is 2.29. The first-order valence-corrected chi connectivity index (χ1v) is 10.0. The number of oxime groups is 1. The fraction of sp³-hybridized carbons (Fsp3) is 0.524. The van der Waals surface area contributed by atoms with Gasteiger partial charge in [0, 0.05) is 18.4 Å². The summed E-state index contributed by atoms with van der Waals surface area (Å²) in [6.45, 7) is 2.41. The van der Waals surface area contributed by atoms with Gasteiger partial charge in [-0.15, -0.1) is 0 Å². The lowest BCUT2D eigenvalue weighted by atomic mass is 10.1. The molecule has 0 aromatic heterocycles. The Bertz CT molecular complexity index is 713. The molecule has 2 rings (SSSR count). The van der Waals surface area contributed by atoms with Crippen LogP contribution in [0, 0.1) is 0 Å². The molecular formula is C21H28N2O6. The molecule has 0 saturated carbocycles. The van der Waals surface area contributed by atoms with Crippen molar-refractivity contribution in [3.63, 3.8) is 0 Å². The number of unbranched alkanes of at least 4 members (excludes halogenated alkanes) is 5. The number of carboxylic acid groups (broad SMARTS) is 1. The summed E-state index contributed by atoms with van der Waals surface area (Å²) >= 11 is 0. The van der Waals surface area contributed by atoms with Crippen molar-refractivity contribution in [1.82, 2.24) is 4.90 Å². The van der Waals surface area contributed by atoms with Crippen LogP contribution in [0.5, 0.6) is 5.75 Å². The van der Waals surface area contributed by atoms with Crippen LogP contribution in [0.2, 0.25) is 0 Å². The summed E-state index contributed by atoms with van der Waals surface area (Å²) in [5.41, 5.74) is 0.0232. The normalized spacial score (nSPS) is 14.4. The first kappa shape index (κ1) is 22.4. The van der Waals surface area contributed by atoms with Gasteiger partial charge in [0.2, 0.25) is 11.8 Å². The predicted octanol–water partition coefficient (Wildman–Crippen LogP) is 3.34. The van der Waals surface area contributed by atoms with Crippen molar-refractivity contribution < 1.29 is 29.1 Å². The quantitative estimate of drug-likeness (QED) is 0.234. The van der Waals surface area contributed by atoms with Crippen molar-refractivity contribution in [2.45, 2.75) is 58.3 Å². The molecule has 1 heterocycles. The summed E-state index contributed by atoms with van der Waals surface area (Å²) in [5.74, 6) is -1.33. The molecule has 2 amide bonds. The number of aliphatic carboxylic acids is 1. The molecule has 0 spiro atoms. The maximum atomic E-state index is 11.5. The standard InChI is InChI=1S/C21H28N2O6/c1-2-3-4-5-6-7-14-28-17-10-8-16(9-11-17)20(21(26)27)22-29-15-23-18(24)12-13-19(23)25/h8-11H,2-7,12-15H2,1H3,(H,26,27). The van der Waals surface area contributed by atoms with Crippen LogP contribution in [0.25, 0.3) is 0 Å². The minimum absolute atomic E-state index is 0.137. The predicted molar refractivity (Wildman–Crippen MR) is 107 cm³/mol. The van der Waals surface area contributed by atoms with Crippen molar-refractivity contribution in [3.05, 3.63) is 29.8 Å². The number of ether oxygens (including phenoxy) is 1. The number of carbonyl (C=O) groups is 3. The van der Waals surface area contributed by atoms with Crippen molar-refractivity contribution >= 4 is 23.5 Å². The van der Waals surface area contributed by atoms with Crippen LogP contribution in [0.3, 0.4) is 0 Å². The smallest absolute Gasteiger partial charge is 0.358 e. The SMILES string of the molecule is CCCCCCCCOc1ccc(C(=NOCN2C(=O)CCC2=O)C(=O)O)cc1. The van der Waals surface area contributed by atoms with Crippen molar-refractivity contribution in [1.29, 1.82) is 0 Å². The van der Waals surface area contributed by atoms with Gasteiger partial charge in [-0.05, 0) is 30.7 Å². The molecule has 1 aromatic rings. The monoisotopic (exact) mass is 404 g/mol. The van der Waals surface area contributed by atoms with Gasteiger partial charge < -0.3 is 14.7 Å². The Labute approximate surface area is 170 Å². The van der Waals surface area contributed by atoms with Gasteiger partial charge in [0.05, 0.1) is 6.61 Å². The van der Waals surface area contributed by atoms with Crippen LogP contribution in [0.4, 0.5) is 0 Å². The fourth-order valence-corrected chi connectivity index (χ4v) is 2.91. The lowest BCUT2D eigenvalue weighted by Crippen LogP contribution is -2.31. The van der Waals surface area contributed by atoms with Crippen LogP contribution >= 0.6 is 0 Å². The Kier molecular flexibility index (Phi) is 9.14. The van der Waals surface area contributed by atoms with Gasteiger partial charge >= 0.3 is 5.97 Å². The van der Waals surface area contributed by atoms with Gasteiger partial charge in [-0.2, -0.15) is 0 Å². The second-order valence-corrected chi connectivity index (χ2v) is 6.86. The Morgan fingerprint density at radius 1 is 1.03 bits per heavy atom. The highest BCUT2D eigenvalue weighted by Crippen LogP contribution is 2.15. The number of benzene rings is 1. The molecule has 0 aliphatic carbocycles. The first-order chi connectivity index (χ1) is 14.0. The Balaban J connectivity index is 1.83. The average Bonchev–Trinajstić information content (AvgIpc) is 3.03. The Morgan fingerprint density at radius 2 is 1.66 bits per heavy atom. The van der Waals surface area contributed by atoms with Crippen LogP contribution < -0.4 is 4.74 Å². The molecule has 1 aromatic carbocycles. The van der Waals surface area contributed by atoms with Gasteiger partial charge in [-0.1, -0.05) is 44.2 Å². The molecule has 0 bridgehead atoms. The van der Waals surface area contributed by atoms with E-state index in [2.05, 4.69) is 12.1 Å². The number of carbonyl (C=O) groups excluding carboxylic acids is 2. The van der Waals surface area contributed by atoms with E-state index in [9.17, 15) is 19.5 Å². The molecule has 8 nitrogen and oxygen atoms in total. The molecule has 1 saturated heterocycles. The van der Waals surface area contributed by atoms with Gasteiger partial charge in [0.1, 0.15) is 5.75 Å². The minimum atomic E-state index is -1.27. The lowest BCUT2D eigenvalue weighted by molar-refractivity contribution is -0.144. The largest absolute Gasteiger partial charge is 0.494 e. The number of carboxylic acids is 1. The van der Waals surface area contributed by atoms with E-state index in [1.807, 2.05) is 0 Å². The van der Waals surface area contributed by atoms with Crippen LogP contribution in [0.1, 0.15) is 63.9 Å². The number of likely N-dealkylation sites (tertiary alicyclic amines) is 1. The van der Waals surface area contributed by atoms with Crippen molar-refractivity contribution in [2.75, 3.05) is 13.3 Å². The topological polar surface area (TPSA) is 106 Å². The summed E-state index contributed by atoms with van der Waals surface area (Å²) in [6, 6.07) is 6.52. The van der Waals surface area contributed by atoms with E-state index < -0.39 is 12.7 Å². The van der Waals surface area contributed by atoms with Gasteiger partial charge in [0.25, 0.3) is 0 Å². The van der Waals surface area contributed by atoms with Crippen molar-refractivity contribution in [3.8, 4) is 5.75 Å². The lowest BCUT2D eigenvalue weighted by Gasteiger charge is -2.12. The highest BCUT2D eigenvalue weighted by molar-refractivity contribution is 6.42. The molecule has 158 valence electrons. The van der Waals surface area contributed by atoms with E-state index in [0.29, 0.717) is 17.9 Å². The zero-order chi connectivity index (χ0) is 21.1. The molecule has 0 atom stereocenters. The maximum absolute atomic E-state index is 11.5. The summed E-state index contributed by atoms with van der Waals surface area (Å²) in [4.78, 5) is 40.4. The van der Waals surface area contributed by atoms with E-state index in [4.69, 9.17) is 9.57 Å². The molecule has 29 heavy (non-hydrogen) atoms. The summed E-state index contributed by atoms with van der Waals surface area (Å²) in [7, 11) is 0. The van der Waals surface area contributed by atoms with Crippen LogP contribution in [-0.4, -0.2) is 46.8 Å². The third kappa shape index (κ3) is 7.21. The van der Waals surface area contributed by atoms with Gasteiger partial charge in [0.15, 0.2) is 12.4 Å². The number of imide groups is 1. The summed E-state index contributed by atoms with van der Waals surface area (Å²) in [5, 5.41) is 13.0. The van der Waals surface area contributed by atoms with E-state index >= 15 is 0 Å². The molecule has 1 N–H and O–H groups in total. The number of nitrogens with zero attached hydrogens (tertiary/aromatic N) is 2. The Morgan fingerprint density at radius 3 is 2.28 bits per heavy atom. The molecular weight excluding hydrogens is 376 g/mol.